The molecule has 160 valence electrons. The molecule has 1 atom stereocenters. The second-order valence-corrected chi connectivity index (χ2v) is 7.66. The molecular weight excluding hydrogens is 402 g/mol. The van der Waals surface area contributed by atoms with Gasteiger partial charge in [0.25, 0.3) is 0 Å². The molecule has 0 aliphatic carbocycles. The number of ether oxygens (including phenoxy) is 3. The molecule has 0 saturated carbocycles. The molecule has 0 saturated heterocycles. The van der Waals surface area contributed by atoms with Crippen LogP contribution in [0, 0.1) is 0 Å². The summed E-state index contributed by atoms with van der Waals surface area (Å²) in [5.74, 6) is 2.33. The van der Waals surface area contributed by atoms with Gasteiger partial charge in [-0.15, -0.1) is 11.3 Å². The van der Waals surface area contributed by atoms with E-state index < -0.39 is 6.10 Å². The van der Waals surface area contributed by atoms with Crippen LogP contribution >= 0.6 is 11.3 Å². The molecule has 0 fully saturated rings. The first-order valence-corrected chi connectivity index (χ1v) is 10.3. The van der Waals surface area contributed by atoms with Crippen LogP contribution in [0.15, 0.2) is 47.5 Å². The van der Waals surface area contributed by atoms with E-state index in [0.717, 1.165) is 20.5 Å². The highest BCUT2D eigenvalue weighted by molar-refractivity contribution is 7.19. The van der Waals surface area contributed by atoms with Crippen molar-refractivity contribution in [1.82, 2.24) is 10.6 Å². The van der Waals surface area contributed by atoms with Crippen molar-refractivity contribution in [3.8, 4) is 17.2 Å². The SMILES string of the molecule is CN=C(NCc1cc(OC)c(OC)c(OC)c1)NCC(O)c1cc2ccccc2s1. The number of aliphatic hydroxyl groups excluding tert-OH is 1. The smallest absolute Gasteiger partial charge is 0.203 e. The minimum atomic E-state index is -0.623. The van der Waals surface area contributed by atoms with Gasteiger partial charge in [-0.1, -0.05) is 18.2 Å². The normalized spacial score (nSPS) is 12.5. The molecular formula is C22H27N3O4S. The summed E-state index contributed by atoms with van der Waals surface area (Å²) in [6, 6.07) is 13.9. The van der Waals surface area contributed by atoms with Gasteiger partial charge in [0.05, 0.1) is 21.3 Å². The van der Waals surface area contributed by atoms with Gasteiger partial charge in [-0.05, 0) is 35.2 Å². The highest BCUT2D eigenvalue weighted by Crippen LogP contribution is 2.38. The van der Waals surface area contributed by atoms with Crippen molar-refractivity contribution in [2.45, 2.75) is 12.6 Å². The van der Waals surface area contributed by atoms with Gasteiger partial charge in [0.2, 0.25) is 5.75 Å². The lowest BCUT2D eigenvalue weighted by Crippen LogP contribution is -2.38. The first-order valence-electron chi connectivity index (χ1n) is 9.49. The minimum Gasteiger partial charge on any atom is -0.493 e. The van der Waals surface area contributed by atoms with Gasteiger partial charge >= 0.3 is 0 Å². The fourth-order valence-electron chi connectivity index (χ4n) is 3.10. The summed E-state index contributed by atoms with van der Waals surface area (Å²) in [5.41, 5.74) is 0.942. The predicted molar refractivity (Wildman–Crippen MR) is 121 cm³/mol. The number of rotatable bonds is 8. The molecule has 0 amide bonds. The molecule has 0 aliphatic rings. The van der Waals surface area contributed by atoms with Crippen molar-refractivity contribution in [3.63, 3.8) is 0 Å². The van der Waals surface area contributed by atoms with E-state index in [4.69, 9.17) is 14.2 Å². The lowest BCUT2D eigenvalue weighted by molar-refractivity contribution is 0.184. The molecule has 3 rings (SSSR count). The molecule has 1 heterocycles. The van der Waals surface area contributed by atoms with Gasteiger partial charge in [-0.25, -0.2) is 0 Å². The number of methoxy groups -OCH3 is 3. The number of hydrogen-bond donors (Lipinski definition) is 3. The number of fused-ring (bicyclic) bond motifs is 1. The van der Waals surface area contributed by atoms with Crippen LogP contribution in [0.4, 0.5) is 0 Å². The molecule has 3 N–H and O–H groups in total. The van der Waals surface area contributed by atoms with Crippen LogP contribution in [-0.2, 0) is 6.54 Å². The summed E-state index contributed by atoms with van der Waals surface area (Å²) < 4.78 is 17.3. The summed E-state index contributed by atoms with van der Waals surface area (Å²) in [7, 11) is 6.44. The molecule has 7 nitrogen and oxygen atoms in total. The third-order valence-electron chi connectivity index (χ3n) is 4.64. The van der Waals surface area contributed by atoms with E-state index in [1.54, 1.807) is 39.7 Å². The Morgan fingerprint density at radius 3 is 2.33 bits per heavy atom. The number of benzene rings is 2. The Bertz CT molecular complexity index is 961. The van der Waals surface area contributed by atoms with Gasteiger partial charge in [-0.2, -0.15) is 0 Å². The third kappa shape index (κ3) is 4.95. The van der Waals surface area contributed by atoms with Crippen LogP contribution in [-0.4, -0.2) is 46.0 Å². The number of thiophene rings is 1. The summed E-state index contributed by atoms with van der Waals surface area (Å²) >= 11 is 1.60. The Hall–Kier alpha value is -2.97. The zero-order chi connectivity index (χ0) is 21.5. The maximum atomic E-state index is 10.6. The molecule has 2 aromatic carbocycles. The Balaban J connectivity index is 1.61. The maximum Gasteiger partial charge on any atom is 0.203 e. The van der Waals surface area contributed by atoms with E-state index in [-0.39, 0.29) is 0 Å². The first-order chi connectivity index (χ1) is 14.6. The van der Waals surface area contributed by atoms with E-state index in [0.29, 0.717) is 36.3 Å². The van der Waals surface area contributed by atoms with Gasteiger partial charge in [0.1, 0.15) is 6.10 Å². The van der Waals surface area contributed by atoms with Crippen molar-refractivity contribution in [1.29, 1.82) is 0 Å². The standard InChI is InChI=1S/C22H27N3O4S/c1-23-22(24-12-14-9-17(27-2)21(29-4)18(10-14)28-3)25-13-16(26)20-11-15-7-5-6-8-19(15)30-20/h5-11,16,26H,12-13H2,1-4H3,(H2,23,24,25). The second kappa shape index (κ2) is 10.2. The molecule has 0 aliphatic heterocycles. The second-order valence-electron chi connectivity index (χ2n) is 6.54. The van der Waals surface area contributed by atoms with E-state index in [1.165, 1.54) is 0 Å². The monoisotopic (exact) mass is 429 g/mol. The number of guanidine groups is 1. The van der Waals surface area contributed by atoms with Crippen molar-refractivity contribution >= 4 is 27.4 Å². The number of aliphatic hydroxyl groups is 1. The van der Waals surface area contributed by atoms with Gasteiger partial charge in [0.15, 0.2) is 17.5 Å². The number of nitrogens with zero attached hydrogens (tertiary/aromatic N) is 1. The van der Waals surface area contributed by atoms with E-state index >= 15 is 0 Å². The topological polar surface area (TPSA) is 84.3 Å². The maximum absolute atomic E-state index is 10.6. The van der Waals surface area contributed by atoms with Crippen LogP contribution in [0.3, 0.4) is 0 Å². The molecule has 3 aromatic rings. The van der Waals surface area contributed by atoms with E-state index in [1.807, 2.05) is 36.4 Å². The molecule has 30 heavy (non-hydrogen) atoms. The van der Waals surface area contributed by atoms with Crippen molar-refractivity contribution in [2.75, 3.05) is 34.9 Å². The summed E-state index contributed by atoms with van der Waals surface area (Å²) in [5, 5.41) is 18.1. The summed E-state index contributed by atoms with van der Waals surface area (Å²) in [6.45, 7) is 0.844. The molecule has 0 radical (unpaired) electrons. The van der Waals surface area contributed by atoms with Crippen LogP contribution in [0.5, 0.6) is 17.2 Å². The van der Waals surface area contributed by atoms with Crippen LogP contribution < -0.4 is 24.8 Å². The molecule has 1 aromatic heterocycles. The minimum absolute atomic E-state index is 0.349. The van der Waals surface area contributed by atoms with Crippen LogP contribution in [0.2, 0.25) is 0 Å². The van der Waals surface area contributed by atoms with Crippen LogP contribution in [0.1, 0.15) is 16.5 Å². The molecule has 1 unspecified atom stereocenters. The average molecular weight is 430 g/mol. The summed E-state index contributed by atoms with van der Waals surface area (Å²) in [6.07, 6.45) is -0.623. The summed E-state index contributed by atoms with van der Waals surface area (Å²) in [4.78, 5) is 5.15. The fraction of sp³-hybridized carbons (Fsp3) is 0.318. The van der Waals surface area contributed by atoms with E-state index in [9.17, 15) is 5.11 Å². The third-order valence-corrected chi connectivity index (χ3v) is 5.86. The molecule has 0 bridgehead atoms. The Kier molecular flexibility index (Phi) is 7.37. The Morgan fingerprint density at radius 1 is 1.03 bits per heavy atom. The van der Waals surface area contributed by atoms with Crippen molar-refractivity contribution in [2.24, 2.45) is 4.99 Å². The van der Waals surface area contributed by atoms with Gasteiger partial charge < -0.3 is 30.0 Å². The largest absolute Gasteiger partial charge is 0.493 e. The molecule has 8 heteroatoms. The lowest BCUT2D eigenvalue weighted by Gasteiger charge is -2.17. The lowest BCUT2D eigenvalue weighted by atomic mass is 10.2. The van der Waals surface area contributed by atoms with Gasteiger partial charge in [-0.3, -0.25) is 4.99 Å². The van der Waals surface area contributed by atoms with Crippen molar-refractivity contribution in [3.05, 3.63) is 52.9 Å². The zero-order valence-electron chi connectivity index (χ0n) is 17.6. The Morgan fingerprint density at radius 2 is 1.73 bits per heavy atom. The number of aliphatic imine (C=N–C) groups is 1. The number of nitrogens with one attached hydrogen (secondary N) is 2. The van der Waals surface area contributed by atoms with Crippen LogP contribution in [0.25, 0.3) is 10.1 Å². The number of hydrogen-bond acceptors (Lipinski definition) is 6. The highest BCUT2D eigenvalue weighted by atomic mass is 32.1. The zero-order valence-corrected chi connectivity index (χ0v) is 18.4. The van der Waals surface area contributed by atoms with Crippen molar-refractivity contribution < 1.29 is 19.3 Å². The molecule has 0 spiro atoms. The Labute approximate surface area is 180 Å². The van der Waals surface area contributed by atoms with E-state index in [2.05, 4.69) is 21.7 Å². The predicted octanol–water partition coefficient (Wildman–Crippen LogP) is 3.33. The quantitative estimate of drug-likeness (QED) is 0.376. The fourth-order valence-corrected chi connectivity index (χ4v) is 4.16. The average Bonchev–Trinajstić information content (AvgIpc) is 3.22. The van der Waals surface area contributed by atoms with Gasteiger partial charge in [0, 0.05) is 29.7 Å². The highest BCUT2D eigenvalue weighted by Gasteiger charge is 2.14. The first kappa shape index (κ1) is 21.7.